The largest absolute Gasteiger partial charge is 0.352 e. The Morgan fingerprint density at radius 3 is 1.50 bits per heavy atom. The summed E-state index contributed by atoms with van der Waals surface area (Å²) in [6.07, 6.45) is 21.6. The fourth-order valence-electron chi connectivity index (χ4n) is 3.52. The van der Waals surface area contributed by atoms with Crippen molar-refractivity contribution < 1.29 is 4.79 Å². The van der Waals surface area contributed by atoms with Crippen LogP contribution < -0.4 is 5.32 Å². The maximum Gasteiger partial charge on any atom is 0.246 e. The van der Waals surface area contributed by atoms with Gasteiger partial charge in [-0.1, -0.05) is 110 Å². The molecule has 1 N–H and O–H groups in total. The minimum Gasteiger partial charge on any atom is -0.352 e. The van der Waals surface area contributed by atoms with Crippen LogP contribution in [0.15, 0.2) is 12.2 Å². The second kappa shape index (κ2) is 19.0. The first kappa shape index (κ1) is 25.2. The van der Waals surface area contributed by atoms with E-state index in [9.17, 15) is 4.79 Å². The van der Waals surface area contributed by atoms with Crippen LogP contribution in [0.3, 0.4) is 0 Å². The van der Waals surface area contributed by atoms with Gasteiger partial charge in [0.1, 0.15) is 0 Å². The first-order valence-electron chi connectivity index (χ1n) is 11.6. The van der Waals surface area contributed by atoms with E-state index >= 15 is 0 Å². The van der Waals surface area contributed by atoms with Gasteiger partial charge < -0.3 is 5.32 Å². The van der Waals surface area contributed by atoms with Gasteiger partial charge in [-0.05, 0) is 25.7 Å². The van der Waals surface area contributed by atoms with Crippen LogP contribution in [-0.4, -0.2) is 12.5 Å². The zero-order chi connectivity index (χ0) is 19.5. The Morgan fingerprint density at radius 2 is 1.12 bits per heavy atom. The summed E-state index contributed by atoms with van der Waals surface area (Å²) >= 11 is 0. The fourth-order valence-corrected chi connectivity index (χ4v) is 3.52. The molecule has 0 radical (unpaired) electrons. The van der Waals surface area contributed by atoms with Gasteiger partial charge in [0.25, 0.3) is 0 Å². The molecule has 1 atom stereocenters. The first-order valence-corrected chi connectivity index (χ1v) is 11.6. The number of nitrogens with one attached hydrogen (secondary N) is 1. The summed E-state index contributed by atoms with van der Waals surface area (Å²) in [7, 11) is 0. The molecule has 0 aromatic rings. The van der Waals surface area contributed by atoms with Gasteiger partial charge in [0.15, 0.2) is 0 Å². The maximum atomic E-state index is 11.8. The molecule has 26 heavy (non-hydrogen) atoms. The summed E-state index contributed by atoms with van der Waals surface area (Å²) < 4.78 is 0. The Morgan fingerprint density at radius 1 is 0.731 bits per heavy atom. The maximum absolute atomic E-state index is 11.8. The van der Waals surface area contributed by atoms with Crippen molar-refractivity contribution in [3.05, 3.63) is 12.2 Å². The lowest BCUT2D eigenvalue weighted by atomic mass is 9.94. The molecule has 0 fully saturated rings. The molecule has 0 aromatic heterocycles. The highest BCUT2D eigenvalue weighted by Gasteiger charge is 2.11. The van der Waals surface area contributed by atoms with Gasteiger partial charge >= 0.3 is 0 Å². The average Bonchev–Trinajstić information content (AvgIpc) is 2.63. The molecule has 0 bridgehead atoms. The predicted molar refractivity (Wildman–Crippen MR) is 117 cm³/mol. The third-order valence-corrected chi connectivity index (χ3v) is 5.37. The van der Waals surface area contributed by atoms with Crippen molar-refractivity contribution in [1.29, 1.82) is 0 Å². The number of carbonyl (C=O) groups is 1. The average molecular weight is 366 g/mol. The summed E-state index contributed by atoms with van der Waals surface area (Å²) in [6, 6.07) is 0. The molecule has 154 valence electrons. The summed E-state index contributed by atoms with van der Waals surface area (Å²) in [5, 5.41) is 3.08. The normalized spacial score (nSPS) is 12.1. The molecule has 2 heteroatoms. The lowest BCUT2D eigenvalue weighted by molar-refractivity contribution is -0.117. The molecule has 0 saturated heterocycles. The standard InChI is InChI=1S/C24H47NO/c1-5-7-9-11-13-14-16-18-20-23(21-25-24(26)22(3)4)19-17-15-12-10-8-6-2/h23H,3,5-21H2,1-2,4H3,(H,25,26). The van der Waals surface area contributed by atoms with Gasteiger partial charge in [-0.2, -0.15) is 0 Å². The molecule has 2 nitrogen and oxygen atoms in total. The van der Waals surface area contributed by atoms with Crippen molar-refractivity contribution in [3.63, 3.8) is 0 Å². The van der Waals surface area contributed by atoms with E-state index in [4.69, 9.17) is 0 Å². The molecule has 0 rings (SSSR count). The van der Waals surface area contributed by atoms with Crippen LogP contribution >= 0.6 is 0 Å². The lowest BCUT2D eigenvalue weighted by Gasteiger charge is -2.18. The van der Waals surface area contributed by atoms with Gasteiger partial charge in [0, 0.05) is 12.1 Å². The Hall–Kier alpha value is -0.790. The Balaban J connectivity index is 3.92. The molecular formula is C24H47NO. The minimum absolute atomic E-state index is 0.0221. The highest BCUT2D eigenvalue weighted by molar-refractivity contribution is 5.92. The van der Waals surface area contributed by atoms with Crippen molar-refractivity contribution in [1.82, 2.24) is 5.32 Å². The summed E-state index contributed by atoms with van der Waals surface area (Å²) in [6.45, 7) is 10.9. The number of carbonyl (C=O) groups excluding carboxylic acids is 1. The second-order valence-corrected chi connectivity index (χ2v) is 8.18. The molecule has 0 saturated carbocycles. The topological polar surface area (TPSA) is 29.1 Å². The third kappa shape index (κ3) is 16.7. The van der Waals surface area contributed by atoms with Crippen LogP contribution in [0.25, 0.3) is 0 Å². The van der Waals surface area contributed by atoms with Gasteiger partial charge in [-0.3, -0.25) is 4.79 Å². The number of rotatable bonds is 19. The molecular weight excluding hydrogens is 318 g/mol. The van der Waals surface area contributed by atoms with Crippen molar-refractivity contribution >= 4 is 5.91 Å². The monoisotopic (exact) mass is 365 g/mol. The number of hydrogen-bond acceptors (Lipinski definition) is 1. The van der Waals surface area contributed by atoms with Crippen molar-refractivity contribution in [2.45, 2.75) is 124 Å². The van der Waals surface area contributed by atoms with E-state index in [0.29, 0.717) is 11.5 Å². The SMILES string of the molecule is C=C(C)C(=O)NCC(CCCCCCCC)CCCCCCCCCC. The van der Waals surface area contributed by atoms with E-state index in [1.54, 1.807) is 6.92 Å². The first-order chi connectivity index (χ1) is 12.6. The quantitative estimate of drug-likeness (QED) is 0.185. The molecule has 0 heterocycles. The summed E-state index contributed by atoms with van der Waals surface area (Å²) in [5.74, 6) is 0.665. The minimum atomic E-state index is 0.0221. The smallest absolute Gasteiger partial charge is 0.246 e. The second-order valence-electron chi connectivity index (χ2n) is 8.18. The lowest BCUT2D eigenvalue weighted by Crippen LogP contribution is -2.29. The van der Waals surface area contributed by atoms with Gasteiger partial charge in [0.2, 0.25) is 5.91 Å². The predicted octanol–water partition coefficient (Wildman–Crippen LogP) is 7.58. The Bertz CT molecular complexity index is 337. The molecule has 0 aliphatic heterocycles. The van der Waals surface area contributed by atoms with E-state index in [2.05, 4.69) is 25.7 Å². The Kier molecular flexibility index (Phi) is 18.4. The zero-order valence-electron chi connectivity index (χ0n) is 18.2. The van der Waals surface area contributed by atoms with E-state index < -0.39 is 0 Å². The van der Waals surface area contributed by atoms with Crippen molar-refractivity contribution in [3.8, 4) is 0 Å². The highest BCUT2D eigenvalue weighted by atomic mass is 16.1. The van der Waals surface area contributed by atoms with E-state index in [1.165, 1.54) is 103 Å². The summed E-state index contributed by atoms with van der Waals surface area (Å²) in [5.41, 5.74) is 0.621. The molecule has 0 spiro atoms. The van der Waals surface area contributed by atoms with Crippen LogP contribution in [0.5, 0.6) is 0 Å². The molecule has 0 aliphatic rings. The summed E-state index contributed by atoms with van der Waals surface area (Å²) in [4.78, 5) is 11.8. The molecule has 0 aliphatic carbocycles. The van der Waals surface area contributed by atoms with Crippen molar-refractivity contribution in [2.24, 2.45) is 5.92 Å². The van der Waals surface area contributed by atoms with Gasteiger partial charge in [-0.15, -0.1) is 0 Å². The van der Waals surface area contributed by atoms with Gasteiger partial charge in [0.05, 0.1) is 0 Å². The Labute approximate surface area is 164 Å². The number of unbranched alkanes of at least 4 members (excludes halogenated alkanes) is 12. The van der Waals surface area contributed by atoms with Crippen LogP contribution in [0.2, 0.25) is 0 Å². The molecule has 1 unspecified atom stereocenters. The highest BCUT2D eigenvalue weighted by Crippen LogP contribution is 2.19. The van der Waals surface area contributed by atoms with Gasteiger partial charge in [-0.25, -0.2) is 0 Å². The van der Waals surface area contributed by atoms with E-state index in [1.807, 2.05) is 0 Å². The zero-order valence-corrected chi connectivity index (χ0v) is 18.2. The fraction of sp³-hybridized carbons (Fsp3) is 0.875. The number of hydrogen-bond donors (Lipinski definition) is 1. The number of amides is 1. The van der Waals surface area contributed by atoms with E-state index in [0.717, 1.165) is 6.54 Å². The third-order valence-electron chi connectivity index (χ3n) is 5.37. The molecule has 0 aromatic carbocycles. The molecule has 1 amide bonds. The van der Waals surface area contributed by atoms with Crippen LogP contribution in [-0.2, 0) is 4.79 Å². The van der Waals surface area contributed by atoms with Crippen LogP contribution in [0.1, 0.15) is 124 Å². The van der Waals surface area contributed by atoms with Crippen LogP contribution in [0.4, 0.5) is 0 Å². The van der Waals surface area contributed by atoms with E-state index in [-0.39, 0.29) is 5.91 Å². The van der Waals surface area contributed by atoms with Crippen LogP contribution in [0, 0.1) is 5.92 Å². The van der Waals surface area contributed by atoms with Crippen molar-refractivity contribution in [2.75, 3.05) is 6.54 Å².